The molecule has 1 aromatic carbocycles. The number of anilines is 1. The van der Waals surface area contributed by atoms with Crippen LogP contribution in [0.25, 0.3) is 0 Å². The minimum atomic E-state index is -2.05. The molecule has 5 fully saturated rings. The molecule has 35 heavy (non-hydrogen) atoms. The van der Waals surface area contributed by atoms with Gasteiger partial charge in [0.25, 0.3) is 0 Å². The fraction of sp³-hybridized carbons (Fsp3) is 0.640. The molecule has 0 radical (unpaired) electrons. The smallest absolute Gasteiger partial charge is 0.414 e. The lowest BCUT2D eigenvalue weighted by molar-refractivity contribution is -0.244. The molecule has 10 nitrogen and oxygen atoms in total. The maximum Gasteiger partial charge on any atom is 0.414 e. The molecule has 184 valence electrons. The van der Waals surface area contributed by atoms with Crippen molar-refractivity contribution in [1.29, 1.82) is 5.26 Å². The SMILES string of the molecule is COC(=O)N1c2c(ccc3c2OCO3)[C@@]23CCN4CCC[C@]5(CCC12[C@](O)(C(=O)OC)C5)[C@]43C#N. The second kappa shape index (κ2) is 6.20. The second-order valence-corrected chi connectivity index (χ2v) is 10.7. The summed E-state index contributed by atoms with van der Waals surface area (Å²) in [7, 11) is 2.53. The van der Waals surface area contributed by atoms with Gasteiger partial charge in [-0.3, -0.25) is 9.80 Å². The van der Waals surface area contributed by atoms with E-state index in [1.807, 2.05) is 6.07 Å². The number of hydrogen-bond acceptors (Lipinski definition) is 9. The van der Waals surface area contributed by atoms with Crippen LogP contribution < -0.4 is 14.4 Å². The number of carbonyl (C=O) groups is 2. The molecule has 2 bridgehead atoms. The van der Waals surface area contributed by atoms with Crippen LogP contribution in [0.2, 0.25) is 0 Å². The first-order chi connectivity index (χ1) is 16.8. The van der Waals surface area contributed by atoms with Gasteiger partial charge in [0.2, 0.25) is 6.79 Å². The summed E-state index contributed by atoms with van der Waals surface area (Å²) >= 11 is 0. The van der Waals surface area contributed by atoms with Crippen molar-refractivity contribution < 1.29 is 33.6 Å². The Balaban J connectivity index is 1.67. The lowest BCUT2D eigenvalue weighted by atomic mass is 9.32. The van der Waals surface area contributed by atoms with Crippen LogP contribution in [0.4, 0.5) is 10.5 Å². The van der Waals surface area contributed by atoms with E-state index in [0.29, 0.717) is 49.4 Å². The number of fused-ring (bicyclic) bond motifs is 5. The summed E-state index contributed by atoms with van der Waals surface area (Å²) in [5, 5.41) is 23.7. The van der Waals surface area contributed by atoms with Gasteiger partial charge in [-0.1, -0.05) is 6.07 Å². The van der Waals surface area contributed by atoms with Crippen LogP contribution in [0.3, 0.4) is 0 Å². The molecule has 1 unspecified atom stereocenters. The van der Waals surface area contributed by atoms with Gasteiger partial charge in [-0.05, 0) is 56.7 Å². The number of benzene rings is 1. The second-order valence-electron chi connectivity index (χ2n) is 10.7. The Morgan fingerprint density at radius 3 is 2.69 bits per heavy atom. The minimum Gasteiger partial charge on any atom is -0.467 e. The molecule has 4 aliphatic heterocycles. The van der Waals surface area contributed by atoms with Gasteiger partial charge < -0.3 is 24.1 Å². The van der Waals surface area contributed by atoms with E-state index in [4.69, 9.17) is 18.9 Å². The van der Waals surface area contributed by atoms with Gasteiger partial charge in [0.15, 0.2) is 17.1 Å². The molecule has 3 aliphatic carbocycles. The predicted molar refractivity (Wildman–Crippen MR) is 119 cm³/mol. The summed E-state index contributed by atoms with van der Waals surface area (Å²) in [6.07, 6.45) is 2.34. The zero-order valence-corrected chi connectivity index (χ0v) is 19.8. The molecule has 1 amide bonds. The summed E-state index contributed by atoms with van der Waals surface area (Å²) in [5.74, 6) is 0.0552. The van der Waals surface area contributed by atoms with Crippen molar-refractivity contribution >= 4 is 17.7 Å². The Kier molecular flexibility index (Phi) is 3.77. The summed E-state index contributed by atoms with van der Waals surface area (Å²) in [4.78, 5) is 30.9. The van der Waals surface area contributed by atoms with Crippen LogP contribution in [0, 0.1) is 16.7 Å². The highest BCUT2D eigenvalue weighted by Crippen LogP contribution is 2.81. The molecule has 3 saturated carbocycles. The van der Waals surface area contributed by atoms with Crippen molar-refractivity contribution in [3.05, 3.63) is 17.7 Å². The Bertz CT molecular complexity index is 1250. The van der Waals surface area contributed by atoms with Crippen LogP contribution in [0.15, 0.2) is 12.1 Å². The number of piperidine rings is 1. The third-order valence-corrected chi connectivity index (χ3v) is 10.3. The van der Waals surface area contributed by atoms with Crippen molar-refractivity contribution in [2.24, 2.45) is 5.41 Å². The number of rotatable bonds is 1. The Morgan fingerprint density at radius 2 is 1.94 bits per heavy atom. The van der Waals surface area contributed by atoms with Gasteiger partial charge in [-0.25, -0.2) is 9.59 Å². The lowest BCUT2D eigenvalue weighted by Gasteiger charge is -2.74. The first kappa shape index (κ1) is 21.3. The first-order valence-electron chi connectivity index (χ1n) is 12.1. The van der Waals surface area contributed by atoms with Gasteiger partial charge >= 0.3 is 12.1 Å². The van der Waals surface area contributed by atoms with E-state index in [1.54, 1.807) is 6.07 Å². The van der Waals surface area contributed by atoms with Gasteiger partial charge in [0.05, 0.1) is 31.4 Å². The Hall–Kier alpha value is -3.03. The number of nitriles is 1. The van der Waals surface area contributed by atoms with Crippen LogP contribution in [0.1, 0.15) is 44.1 Å². The Labute approximate surface area is 202 Å². The molecule has 8 rings (SSSR count). The van der Waals surface area contributed by atoms with E-state index in [-0.39, 0.29) is 13.2 Å². The van der Waals surface area contributed by atoms with E-state index >= 15 is 0 Å². The first-order valence-corrected chi connectivity index (χ1v) is 12.1. The van der Waals surface area contributed by atoms with Crippen LogP contribution in [-0.2, 0) is 19.7 Å². The lowest BCUT2D eigenvalue weighted by Crippen LogP contribution is -2.90. The maximum atomic E-state index is 13.7. The highest BCUT2D eigenvalue weighted by molar-refractivity contribution is 6.02. The molecule has 1 N–H and O–H groups in total. The summed E-state index contributed by atoms with van der Waals surface area (Å²) in [5.41, 5.74) is -5.10. The van der Waals surface area contributed by atoms with Gasteiger partial charge in [0.1, 0.15) is 11.1 Å². The minimum absolute atomic E-state index is 0.0124. The number of nitrogens with zero attached hydrogens (tertiary/aromatic N) is 3. The number of methoxy groups -OCH3 is 2. The fourth-order valence-corrected chi connectivity index (χ4v) is 9.51. The number of carbonyl (C=O) groups excluding carboxylic acids is 2. The van der Waals surface area contributed by atoms with Crippen molar-refractivity contribution in [1.82, 2.24) is 4.90 Å². The molecular weight excluding hydrogens is 454 g/mol. The van der Waals surface area contributed by atoms with Crippen LogP contribution in [0.5, 0.6) is 11.5 Å². The highest BCUT2D eigenvalue weighted by Gasteiger charge is 2.92. The molecular formula is C25H27N3O7. The largest absolute Gasteiger partial charge is 0.467 e. The molecule has 5 atom stereocenters. The number of aliphatic hydroxyl groups is 1. The van der Waals surface area contributed by atoms with Gasteiger partial charge in [-0.2, -0.15) is 5.26 Å². The third-order valence-electron chi connectivity index (χ3n) is 10.3. The number of amides is 1. The normalized spacial score (nSPS) is 41.6. The number of ether oxygens (including phenoxy) is 4. The zero-order chi connectivity index (χ0) is 24.4. The average molecular weight is 482 g/mol. The van der Waals surface area contributed by atoms with Gasteiger partial charge in [0, 0.05) is 12.0 Å². The molecule has 1 aromatic rings. The van der Waals surface area contributed by atoms with E-state index in [9.17, 15) is 20.0 Å². The van der Waals surface area contributed by atoms with E-state index in [2.05, 4.69) is 11.0 Å². The molecule has 2 saturated heterocycles. The third kappa shape index (κ3) is 1.78. The quantitative estimate of drug-likeness (QED) is 0.599. The molecule has 4 heterocycles. The highest BCUT2D eigenvalue weighted by atomic mass is 16.7. The Morgan fingerprint density at radius 1 is 1.11 bits per heavy atom. The summed E-state index contributed by atoms with van der Waals surface area (Å²) < 4.78 is 22.0. The van der Waals surface area contributed by atoms with Crippen LogP contribution >= 0.6 is 0 Å². The van der Waals surface area contributed by atoms with Crippen molar-refractivity contribution in [3.8, 4) is 17.6 Å². The monoisotopic (exact) mass is 481 g/mol. The molecule has 10 heteroatoms. The molecule has 3 spiro atoms. The standard InChI is InChI=1S/C25H27N3O7/c1-32-19(29)23(31)12-21-6-3-10-27-11-9-22(25(21,27)13-26)15-4-5-16-18(35-14-34-16)17(15)28(20(30)33-2)24(22,23)8-7-21/h4-5,31H,3,6-12,14H2,1-2H3/t21-,22+,23-,24?,25+/m1/s1. The summed E-state index contributed by atoms with van der Waals surface area (Å²) in [6.45, 7) is 1.36. The number of hydrogen-bond donors (Lipinski definition) is 1. The topological polar surface area (TPSA) is 122 Å². The van der Waals surface area contributed by atoms with Crippen LogP contribution in [-0.4, -0.2) is 72.8 Å². The van der Waals surface area contributed by atoms with E-state index in [0.717, 1.165) is 18.5 Å². The molecule has 0 aromatic heterocycles. The average Bonchev–Trinajstić information content (AvgIpc) is 3.55. The molecule has 7 aliphatic rings. The van der Waals surface area contributed by atoms with E-state index < -0.39 is 39.6 Å². The fourth-order valence-electron chi connectivity index (χ4n) is 9.51. The number of esters is 1. The summed E-state index contributed by atoms with van der Waals surface area (Å²) in [6, 6.07) is 6.44. The maximum absolute atomic E-state index is 13.7. The van der Waals surface area contributed by atoms with Gasteiger partial charge in [-0.15, -0.1) is 0 Å². The van der Waals surface area contributed by atoms with Crippen molar-refractivity contribution in [3.63, 3.8) is 0 Å². The van der Waals surface area contributed by atoms with Crippen molar-refractivity contribution in [2.75, 3.05) is 39.0 Å². The van der Waals surface area contributed by atoms with Crippen molar-refractivity contribution in [2.45, 2.75) is 60.6 Å². The van der Waals surface area contributed by atoms with E-state index in [1.165, 1.54) is 19.1 Å². The zero-order valence-electron chi connectivity index (χ0n) is 19.8. The predicted octanol–water partition coefficient (Wildman–Crippen LogP) is 1.83.